The summed E-state index contributed by atoms with van der Waals surface area (Å²) in [5.74, 6) is -9.77. The molecule has 40 heavy (non-hydrogen) atoms. The third kappa shape index (κ3) is 9.76. The number of aliphatic hydroxyl groups excluding tert-OH is 1. The minimum Gasteiger partial charge on any atom is -0.384 e. The Morgan fingerprint density at radius 3 is 2.05 bits per heavy atom. The van der Waals surface area contributed by atoms with Crippen LogP contribution in [0, 0.1) is 5.92 Å². The lowest BCUT2D eigenvalue weighted by Gasteiger charge is -2.33. The maximum absolute atomic E-state index is 14.6. The molecule has 0 aromatic heterocycles. The number of carbonyl (C=O) groups is 3. The average molecular weight is 610 g/mol. The molecule has 0 saturated heterocycles. The third-order valence-corrected chi connectivity index (χ3v) is 5.92. The summed E-state index contributed by atoms with van der Waals surface area (Å²) in [7, 11) is 0. The van der Waals surface area contributed by atoms with Gasteiger partial charge in [-0.2, -0.15) is 22.0 Å². The van der Waals surface area contributed by atoms with Gasteiger partial charge < -0.3 is 21.1 Å². The van der Waals surface area contributed by atoms with Gasteiger partial charge >= 0.3 is 12.1 Å². The van der Waals surface area contributed by atoms with Crippen molar-refractivity contribution in [2.75, 3.05) is 6.54 Å². The van der Waals surface area contributed by atoms with Crippen molar-refractivity contribution in [2.45, 2.75) is 44.1 Å². The van der Waals surface area contributed by atoms with Crippen LogP contribution >= 0.6 is 23.2 Å². The summed E-state index contributed by atoms with van der Waals surface area (Å²) in [5.41, 5.74) is 0.724. The summed E-state index contributed by atoms with van der Waals surface area (Å²) in [5, 5.41) is 16.6. The van der Waals surface area contributed by atoms with Crippen LogP contribution in [0.1, 0.15) is 31.0 Å². The van der Waals surface area contributed by atoms with Crippen molar-refractivity contribution in [2.24, 2.45) is 5.92 Å². The van der Waals surface area contributed by atoms with Crippen molar-refractivity contribution in [3.05, 3.63) is 75.8 Å². The normalized spacial score (nSPS) is 14.5. The molecule has 0 radical (unpaired) electrons. The van der Waals surface area contributed by atoms with E-state index in [0.717, 1.165) is 11.4 Å². The molecule has 3 amide bonds. The lowest BCUT2D eigenvalue weighted by molar-refractivity contribution is -0.174. The molecule has 0 bridgehead atoms. The maximum Gasteiger partial charge on any atom is 0.405 e. The lowest BCUT2D eigenvalue weighted by Crippen LogP contribution is -2.60. The van der Waals surface area contributed by atoms with Gasteiger partial charge in [0.05, 0.1) is 6.04 Å². The lowest BCUT2D eigenvalue weighted by atomic mass is 9.93. The minimum absolute atomic E-state index is 0.249. The molecule has 2 aromatic rings. The number of hydrogen-bond acceptors (Lipinski definition) is 4. The van der Waals surface area contributed by atoms with E-state index in [1.807, 2.05) is 0 Å². The Bertz CT molecular complexity index is 1210. The average Bonchev–Trinajstić information content (AvgIpc) is 2.86. The Morgan fingerprint density at radius 2 is 1.52 bits per heavy atom. The van der Waals surface area contributed by atoms with Gasteiger partial charge in [-0.15, -0.1) is 0 Å². The second-order valence-electron chi connectivity index (χ2n) is 9.03. The highest BCUT2D eigenvalue weighted by Crippen LogP contribution is 2.26. The Kier molecular flexibility index (Phi) is 11.5. The Morgan fingerprint density at radius 1 is 0.950 bits per heavy atom. The van der Waals surface area contributed by atoms with Gasteiger partial charge in [-0.1, -0.05) is 67.4 Å². The Labute approximate surface area is 236 Å². The van der Waals surface area contributed by atoms with Gasteiger partial charge in [0.1, 0.15) is 18.7 Å². The van der Waals surface area contributed by atoms with E-state index in [1.165, 1.54) is 50.3 Å². The van der Waals surface area contributed by atoms with Crippen molar-refractivity contribution in [3.8, 4) is 0 Å². The quantitative estimate of drug-likeness (QED) is 0.219. The fourth-order valence-corrected chi connectivity index (χ4v) is 4.04. The SMILES string of the molecule is CC(C)C(NC(=O)C(NC(=O)/C=C/c1cc(Cl)cc(Cl)c1)c1ccccc1)C(O)C(F)(F)C(=O)NCC(F)(F)F. The molecular weight excluding hydrogens is 584 g/mol. The molecule has 14 heteroatoms. The molecule has 0 fully saturated rings. The van der Waals surface area contributed by atoms with Gasteiger partial charge in [0.15, 0.2) is 0 Å². The zero-order valence-corrected chi connectivity index (χ0v) is 22.6. The Hall–Kier alpha value is -3.22. The van der Waals surface area contributed by atoms with Crippen molar-refractivity contribution in [1.29, 1.82) is 0 Å². The highest BCUT2D eigenvalue weighted by molar-refractivity contribution is 6.34. The molecular formula is C26H26Cl2F5N3O4. The molecule has 4 N–H and O–H groups in total. The monoisotopic (exact) mass is 609 g/mol. The van der Waals surface area contributed by atoms with Crippen molar-refractivity contribution < 1.29 is 41.4 Å². The van der Waals surface area contributed by atoms with Crippen LogP contribution in [0.25, 0.3) is 6.08 Å². The topological polar surface area (TPSA) is 108 Å². The van der Waals surface area contributed by atoms with Gasteiger partial charge in [0.2, 0.25) is 11.8 Å². The number of carbonyl (C=O) groups excluding carboxylic acids is 3. The molecule has 0 heterocycles. The molecule has 0 saturated carbocycles. The zero-order valence-electron chi connectivity index (χ0n) is 21.1. The Balaban J connectivity index is 2.26. The van der Waals surface area contributed by atoms with Gasteiger partial charge in [-0.3, -0.25) is 14.4 Å². The summed E-state index contributed by atoms with van der Waals surface area (Å²) < 4.78 is 66.4. The molecule has 2 rings (SSSR count). The number of alkyl halides is 5. The van der Waals surface area contributed by atoms with Crippen LogP contribution in [0.4, 0.5) is 22.0 Å². The van der Waals surface area contributed by atoms with Crippen molar-refractivity contribution in [1.82, 2.24) is 16.0 Å². The smallest absolute Gasteiger partial charge is 0.384 e. The molecule has 0 aliphatic rings. The summed E-state index contributed by atoms with van der Waals surface area (Å²) in [6.45, 7) is 0.642. The summed E-state index contributed by atoms with van der Waals surface area (Å²) >= 11 is 11.9. The first-order chi connectivity index (χ1) is 18.5. The van der Waals surface area contributed by atoms with E-state index in [4.69, 9.17) is 23.2 Å². The van der Waals surface area contributed by atoms with E-state index < -0.39 is 60.5 Å². The van der Waals surface area contributed by atoms with E-state index in [1.54, 1.807) is 18.2 Å². The van der Waals surface area contributed by atoms with E-state index in [2.05, 4.69) is 10.6 Å². The molecule has 7 nitrogen and oxygen atoms in total. The molecule has 0 aliphatic heterocycles. The second-order valence-corrected chi connectivity index (χ2v) is 9.91. The van der Waals surface area contributed by atoms with Crippen molar-refractivity contribution >= 4 is 47.0 Å². The third-order valence-electron chi connectivity index (χ3n) is 5.48. The van der Waals surface area contributed by atoms with Gasteiger partial charge in [0.25, 0.3) is 5.91 Å². The number of halogens is 7. The number of benzene rings is 2. The predicted octanol–water partition coefficient (Wildman–Crippen LogP) is 4.68. The number of rotatable bonds is 11. The van der Waals surface area contributed by atoms with Gasteiger partial charge in [-0.05, 0) is 41.3 Å². The van der Waals surface area contributed by atoms with Crippen LogP contribution in [-0.2, 0) is 14.4 Å². The minimum atomic E-state index is -4.96. The van der Waals surface area contributed by atoms with Crippen LogP contribution < -0.4 is 16.0 Å². The van der Waals surface area contributed by atoms with E-state index in [0.29, 0.717) is 15.6 Å². The molecule has 2 aromatic carbocycles. The molecule has 3 unspecified atom stereocenters. The van der Waals surface area contributed by atoms with Crippen LogP contribution in [0.3, 0.4) is 0 Å². The first-order valence-electron chi connectivity index (χ1n) is 11.7. The standard InChI is InChI=1S/C26H26Cl2F5N3O4/c1-14(2)20(22(38)26(32,33)24(40)34-13-25(29,30)31)36-23(39)21(16-6-4-3-5-7-16)35-19(37)9-8-15-10-17(27)12-18(28)11-15/h3-12,14,20-22,38H,13H2,1-2H3,(H,34,40)(H,35,37)(H,36,39)/b9-8+. The maximum atomic E-state index is 14.6. The number of hydrogen-bond donors (Lipinski definition) is 4. The zero-order chi connectivity index (χ0) is 30.3. The van der Waals surface area contributed by atoms with Gasteiger partial charge in [-0.25, -0.2) is 0 Å². The molecule has 0 aliphatic carbocycles. The highest BCUT2D eigenvalue weighted by Gasteiger charge is 2.52. The number of amides is 3. The largest absolute Gasteiger partial charge is 0.405 e. The number of nitrogens with one attached hydrogen (secondary N) is 3. The summed E-state index contributed by atoms with van der Waals surface area (Å²) in [6, 6.07) is 8.99. The van der Waals surface area contributed by atoms with Crippen LogP contribution in [0.2, 0.25) is 10.0 Å². The molecule has 218 valence electrons. The second kappa shape index (κ2) is 13.9. The van der Waals surface area contributed by atoms with Crippen LogP contribution in [0.5, 0.6) is 0 Å². The number of aliphatic hydroxyl groups is 1. The van der Waals surface area contributed by atoms with Crippen LogP contribution in [0.15, 0.2) is 54.6 Å². The van der Waals surface area contributed by atoms with Crippen LogP contribution in [-0.4, -0.2) is 53.6 Å². The molecule has 3 atom stereocenters. The first kappa shape index (κ1) is 33.0. The fourth-order valence-electron chi connectivity index (χ4n) is 3.50. The highest BCUT2D eigenvalue weighted by atomic mass is 35.5. The van der Waals surface area contributed by atoms with Crippen molar-refractivity contribution in [3.63, 3.8) is 0 Å². The first-order valence-corrected chi connectivity index (χ1v) is 12.5. The van der Waals surface area contributed by atoms with E-state index in [-0.39, 0.29) is 5.56 Å². The summed E-state index contributed by atoms with van der Waals surface area (Å²) in [4.78, 5) is 37.7. The van der Waals surface area contributed by atoms with E-state index >= 15 is 0 Å². The fraction of sp³-hybridized carbons (Fsp3) is 0.346. The molecule has 0 spiro atoms. The van der Waals surface area contributed by atoms with Gasteiger partial charge in [0, 0.05) is 16.1 Å². The predicted molar refractivity (Wildman–Crippen MR) is 140 cm³/mol. The summed E-state index contributed by atoms with van der Waals surface area (Å²) in [6.07, 6.45) is -5.41. The van der Waals surface area contributed by atoms with E-state index in [9.17, 15) is 41.4 Å².